The van der Waals surface area contributed by atoms with Crippen LogP contribution in [0, 0.1) is 15.9 Å². The lowest BCUT2D eigenvalue weighted by Crippen LogP contribution is -2.13. The average Bonchev–Trinajstić information content (AvgIpc) is 2.42. The fraction of sp³-hybridized carbons (Fsp3) is 0. The Kier molecular flexibility index (Phi) is 4.24. The van der Waals surface area contributed by atoms with Gasteiger partial charge in [-0.05, 0) is 40.2 Å². The minimum absolute atomic E-state index is 0.128. The van der Waals surface area contributed by atoms with Crippen molar-refractivity contribution in [1.29, 1.82) is 0 Å². The van der Waals surface area contributed by atoms with Gasteiger partial charge in [-0.15, -0.1) is 0 Å². The van der Waals surface area contributed by atoms with Crippen LogP contribution in [0.4, 0.5) is 15.8 Å². The Morgan fingerprint density at radius 1 is 1.19 bits per heavy atom. The number of anilines is 1. The van der Waals surface area contributed by atoms with E-state index < -0.39 is 20.8 Å². The highest BCUT2D eigenvalue weighted by Crippen LogP contribution is 2.26. The second-order valence-electron chi connectivity index (χ2n) is 3.98. The molecule has 6 nitrogen and oxygen atoms in total. The summed E-state index contributed by atoms with van der Waals surface area (Å²) in [6.45, 7) is 0. The molecule has 0 bridgehead atoms. The topological polar surface area (TPSA) is 89.3 Å². The van der Waals surface area contributed by atoms with Gasteiger partial charge >= 0.3 is 0 Å². The first-order valence-corrected chi connectivity index (χ1v) is 7.79. The van der Waals surface area contributed by atoms with E-state index in [0.29, 0.717) is 0 Å². The van der Waals surface area contributed by atoms with E-state index in [4.69, 9.17) is 0 Å². The number of nitro benzene ring substituents is 1. The fourth-order valence-corrected chi connectivity index (χ4v) is 3.24. The van der Waals surface area contributed by atoms with Crippen LogP contribution in [0.25, 0.3) is 0 Å². The summed E-state index contributed by atoms with van der Waals surface area (Å²) in [5.41, 5.74) is -0.209. The zero-order valence-corrected chi connectivity index (χ0v) is 12.7. The molecule has 0 spiro atoms. The summed E-state index contributed by atoms with van der Waals surface area (Å²) in [5, 5.41) is 10.7. The number of benzene rings is 2. The molecule has 0 radical (unpaired) electrons. The molecule has 0 saturated carbocycles. The summed E-state index contributed by atoms with van der Waals surface area (Å²) in [6.07, 6.45) is 0. The Balaban J connectivity index is 2.38. The van der Waals surface area contributed by atoms with E-state index in [1.54, 1.807) is 0 Å². The van der Waals surface area contributed by atoms with Crippen molar-refractivity contribution in [3.63, 3.8) is 0 Å². The van der Waals surface area contributed by atoms with Crippen LogP contribution < -0.4 is 4.72 Å². The van der Waals surface area contributed by atoms with Gasteiger partial charge in [0.25, 0.3) is 15.7 Å². The number of rotatable bonds is 4. The first-order valence-electron chi connectivity index (χ1n) is 5.52. The van der Waals surface area contributed by atoms with Gasteiger partial charge in [-0.25, -0.2) is 12.8 Å². The molecule has 9 heteroatoms. The van der Waals surface area contributed by atoms with Gasteiger partial charge in [-0.3, -0.25) is 14.8 Å². The third kappa shape index (κ3) is 3.56. The third-order valence-corrected chi connectivity index (χ3v) is 4.53. The predicted octanol–water partition coefficient (Wildman–Crippen LogP) is 3.30. The smallest absolute Gasteiger partial charge is 0.270 e. The van der Waals surface area contributed by atoms with Gasteiger partial charge in [-0.2, -0.15) is 0 Å². The number of non-ortho nitro benzene ring substituents is 1. The Morgan fingerprint density at radius 3 is 2.52 bits per heavy atom. The number of nitrogens with zero attached hydrogens (tertiary/aromatic N) is 1. The minimum atomic E-state index is -4.01. The van der Waals surface area contributed by atoms with Gasteiger partial charge in [0.15, 0.2) is 0 Å². The van der Waals surface area contributed by atoms with Gasteiger partial charge in [0.05, 0.1) is 15.5 Å². The van der Waals surface area contributed by atoms with Crippen LogP contribution in [-0.2, 0) is 10.0 Å². The molecular weight excluding hydrogens is 367 g/mol. The van der Waals surface area contributed by atoms with Gasteiger partial charge < -0.3 is 0 Å². The number of sulfonamides is 1. The second-order valence-corrected chi connectivity index (χ2v) is 6.52. The van der Waals surface area contributed by atoms with Crippen LogP contribution in [0.5, 0.6) is 0 Å². The summed E-state index contributed by atoms with van der Waals surface area (Å²) in [6, 6.07) is 8.07. The Morgan fingerprint density at radius 2 is 1.90 bits per heavy atom. The molecule has 110 valence electrons. The van der Waals surface area contributed by atoms with Crippen molar-refractivity contribution in [2.75, 3.05) is 4.72 Å². The van der Waals surface area contributed by atoms with Crippen LogP contribution in [-0.4, -0.2) is 13.3 Å². The number of hydrogen-bond acceptors (Lipinski definition) is 4. The molecule has 0 saturated heterocycles. The molecule has 0 fully saturated rings. The number of nitro groups is 1. The van der Waals surface area contributed by atoms with E-state index in [1.807, 2.05) is 0 Å². The van der Waals surface area contributed by atoms with E-state index in [0.717, 1.165) is 18.2 Å². The number of nitrogens with one attached hydrogen (secondary N) is 1. The molecule has 0 aliphatic heterocycles. The van der Waals surface area contributed by atoms with E-state index in [1.165, 1.54) is 24.3 Å². The monoisotopic (exact) mass is 374 g/mol. The van der Waals surface area contributed by atoms with Crippen molar-refractivity contribution in [2.24, 2.45) is 0 Å². The SMILES string of the molecule is O=[N+]([O-])c1cccc(S(=O)(=O)Nc2ccc(F)cc2Br)c1. The summed E-state index contributed by atoms with van der Waals surface area (Å²) in [4.78, 5) is 9.73. The maximum atomic E-state index is 13.0. The highest BCUT2D eigenvalue weighted by Gasteiger charge is 2.18. The summed E-state index contributed by atoms with van der Waals surface area (Å²) < 4.78 is 39.7. The lowest BCUT2D eigenvalue weighted by atomic mass is 10.3. The van der Waals surface area contributed by atoms with E-state index in [-0.39, 0.29) is 20.7 Å². The molecule has 0 amide bonds. The van der Waals surface area contributed by atoms with Crippen LogP contribution >= 0.6 is 15.9 Å². The Bertz CT molecular complexity index is 811. The van der Waals surface area contributed by atoms with Crippen molar-refractivity contribution in [1.82, 2.24) is 0 Å². The quantitative estimate of drug-likeness (QED) is 0.656. The molecule has 0 aliphatic rings. The van der Waals surface area contributed by atoms with Crippen molar-refractivity contribution in [3.8, 4) is 0 Å². The standard InChI is InChI=1S/C12H8BrFN2O4S/c13-11-6-8(14)4-5-12(11)15-21(19,20)10-3-1-2-9(7-10)16(17)18/h1-7,15H. The highest BCUT2D eigenvalue weighted by atomic mass is 79.9. The zero-order chi connectivity index (χ0) is 15.6. The third-order valence-electron chi connectivity index (χ3n) is 2.51. The van der Waals surface area contributed by atoms with Gasteiger partial charge in [0, 0.05) is 16.6 Å². The normalized spacial score (nSPS) is 11.1. The van der Waals surface area contributed by atoms with Crippen LogP contribution in [0.1, 0.15) is 0 Å². The van der Waals surface area contributed by atoms with E-state index >= 15 is 0 Å². The predicted molar refractivity (Wildman–Crippen MR) is 78.0 cm³/mol. The molecular formula is C12H8BrFN2O4S. The molecule has 1 N–H and O–H groups in total. The van der Waals surface area contributed by atoms with E-state index in [2.05, 4.69) is 20.7 Å². The van der Waals surface area contributed by atoms with Crippen molar-refractivity contribution in [2.45, 2.75) is 4.90 Å². The summed E-state index contributed by atoms with van der Waals surface area (Å²) in [5.74, 6) is -0.528. The average molecular weight is 375 g/mol. The highest BCUT2D eigenvalue weighted by molar-refractivity contribution is 9.10. The maximum Gasteiger partial charge on any atom is 0.270 e. The molecule has 2 aromatic rings. The minimum Gasteiger partial charge on any atom is -0.278 e. The lowest BCUT2D eigenvalue weighted by Gasteiger charge is -2.09. The molecule has 0 atom stereocenters. The summed E-state index contributed by atoms with van der Waals surface area (Å²) >= 11 is 3.03. The maximum absolute atomic E-state index is 13.0. The van der Waals surface area contributed by atoms with Crippen molar-refractivity contribution < 1.29 is 17.7 Å². The van der Waals surface area contributed by atoms with Crippen LogP contribution in [0.2, 0.25) is 0 Å². The zero-order valence-electron chi connectivity index (χ0n) is 10.3. The largest absolute Gasteiger partial charge is 0.278 e. The van der Waals surface area contributed by atoms with E-state index in [9.17, 15) is 22.9 Å². The first-order chi connectivity index (χ1) is 9.79. The van der Waals surface area contributed by atoms with Gasteiger partial charge in [0.1, 0.15) is 5.82 Å². The molecule has 0 aromatic heterocycles. The summed E-state index contributed by atoms with van der Waals surface area (Å²) in [7, 11) is -4.01. The molecule has 21 heavy (non-hydrogen) atoms. The lowest BCUT2D eigenvalue weighted by molar-refractivity contribution is -0.385. The molecule has 0 unspecified atom stereocenters. The second kappa shape index (κ2) is 5.78. The first kappa shape index (κ1) is 15.4. The molecule has 2 aromatic carbocycles. The number of hydrogen-bond donors (Lipinski definition) is 1. The van der Waals surface area contributed by atoms with Gasteiger partial charge in [0.2, 0.25) is 0 Å². The van der Waals surface area contributed by atoms with Crippen LogP contribution in [0.15, 0.2) is 51.8 Å². The Hall–Kier alpha value is -2.00. The number of halogens is 2. The fourth-order valence-electron chi connectivity index (χ4n) is 1.54. The van der Waals surface area contributed by atoms with Crippen molar-refractivity contribution >= 4 is 37.3 Å². The van der Waals surface area contributed by atoms with Crippen LogP contribution in [0.3, 0.4) is 0 Å². The molecule has 0 heterocycles. The molecule has 2 rings (SSSR count). The van der Waals surface area contributed by atoms with Gasteiger partial charge in [-0.1, -0.05) is 6.07 Å². The molecule has 0 aliphatic carbocycles. The Labute approximate surface area is 127 Å². The van der Waals surface area contributed by atoms with Crippen molar-refractivity contribution in [3.05, 3.63) is 62.9 Å².